The Morgan fingerprint density at radius 1 is 0.893 bits per heavy atom. The van der Waals surface area contributed by atoms with Gasteiger partial charge in [0, 0.05) is 12.1 Å². The van der Waals surface area contributed by atoms with Gasteiger partial charge in [-0.25, -0.2) is 8.42 Å². The summed E-state index contributed by atoms with van der Waals surface area (Å²) in [5, 5.41) is 10.7. The van der Waals surface area contributed by atoms with Crippen LogP contribution in [0.5, 0.6) is 0 Å². The van der Waals surface area contributed by atoms with E-state index in [-0.39, 0.29) is 22.1 Å². The second-order valence-electron chi connectivity index (χ2n) is 5.90. The van der Waals surface area contributed by atoms with Gasteiger partial charge in [-0.2, -0.15) is 0 Å². The lowest BCUT2D eigenvalue weighted by molar-refractivity contribution is -0.384. The zero-order valence-corrected chi connectivity index (χ0v) is 15.6. The Labute approximate surface area is 162 Å². The summed E-state index contributed by atoms with van der Waals surface area (Å²) < 4.78 is 31.7. The van der Waals surface area contributed by atoms with E-state index in [0.717, 1.165) is 0 Å². The second-order valence-corrected chi connectivity index (χ2v) is 7.82. The highest BCUT2D eigenvalue weighted by atomic mass is 32.2. The van der Waals surface area contributed by atoms with Crippen molar-refractivity contribution in [2.45, 2.75) is 11.5 Å². The first-order chi connectivity index (χ1) is 13.5. The molecule has 0 aliphatic carbocycles. The molecular formula is C21H17NO5S. The molecule has 0 spiro atoms. The van der Waals surface area contributed by atoms with E-state index in [1.807, 2.05) is 0 Å². The molecule has 0 fully saturated rings. The van der Waals surface area contributed by atoms with Gasteiger partial charge in [-0.05, 0) is 35.4 Å². The van der Waals surface area contributed by atoms with Crippen molar-refractivity contribution >= 4 is 20.4 Å². The van der Waals surface area contributed by atoms with Crippen molar-refractivity contribution < 1.29 is 18.1 Å². The Morgan fingerprint density at radius 2 is 1.46 bits per heavy atom. The zero-order valence-electron chi connectivity index (χ0n) is 14.8. The maximum absolute atomic E-state index is 13.1. The lowest BCUT2D eigenvalue weighted by Crippen LogP contribution is -2.05. The number of rotatable bonds is 7. The number of sulfone groups is 1. The number of benzene rings is 3. The molecule has 3 rings (SSSR count). The van der Waals surface area contributed by atoms with Gasteiger partial charge < -0.3 is 4.74 Å². The molecule has 7 heteroatoms. The summed E-state index contributed by atoms with van der Waals surface area (Å²) in [6.45, 7) is 0.0820. The normalized spacial score (nSPS) is 11.8. The van der Waals surface area contributed by atoms with Gasteiger partial charge in [-0.15, -0.1) is 0 Å². The highest BCUT2D eigenvalue weighted by Crippen LogP contribution is 2.28. The number of hydrogen-bond acceptors (Lipinski definition) is 5. The van der Waals surface area contributed by atoms with Gasteiger partial charge in [-0.1, -0.05) is 48.5 Å². The predicted octanol–water partition coefficient (Wildman–Crippen LogP) is 4.58. The molecule has 0 aromatic heterocycles. The monoisotopic (exact) mass is 395 g/mol. The third kappa shape index (κ3) is 4.44. The molecule has 0 atom stereocenters. The van der Waals surface area contributed by atoms with E-state index in [1.54, 1.807) is 60.7 Å². The highest BCUT2D eigenvalue weighted by molar-refractivity contribution is 8.00. The van der Waals surface area contributed by atoms with Crippen molar-refractivity contribution in [2.24, 2.45) is 0 Å². The van der Waals surface area contributed by atoms with Crippen molar-refractivity contribution in [2.75, 3.05) is 0 Å². The van der Waals surface area contributed by atoms with E-state index < -0.39 is 14.8 Å². The number of nitro groups is 1. The number of non-ortho nitro benzene ring substituents is 1. The van der Waals surface area contributed by atoms with Gasteiger partial charge in [0.15, 0.2) is 0 Å². The average molecular weight is 395 g/mol. The van der Waals surface area contributed by atoms with E-state index >= 15 is 0 Å². The van der Waals surface area contributed by atoms with Crippen molar-refractivity contribution in [3.05, 3.63) is 112 Å². The molecule has 0 bridgehead atoms. The fourth-order valence-electron chi connectivity index (χ4n) is 2.54. The number of nitro benzene ring substituents is 1. The molecule has 0 N–H and O–H groups in total. The lowest BCUT2D eigenvalue weighted by Gasteiger charge is -2.10. The molecule has 0 radical (unpaired) electrons. The molecular weight excluding hydrogens is 378 g/mol. The fourth-order valence-corrected chi connectivity index (χ4v) is 3.95. The Morgan fingerprint density at radius 3 is 2.04 bits per heavy atom. The summed E-state index contributed by atoms with van der Waals surface area (Å²) in [4.78, 5) is 10.4. The molecule has 6 nitrogen and oxygen atoms in total. The third-order valence-corrected chi connectivity index (χ3v) is 5.79. The minimum absolute atomic E-state index is 0.0177. The first-order valence-electron chi connectivity index (χ1n) is 8.39. The summed E-state index contributed by atoms with van der Waals surface area (Å²) in [7, 11) is -3.78. The Balaban J connectivity index is 1.88. The minimum Gasteiger partial charge on any atom is -0.495 e. The molecule has 0 unspecified atom stereocenters. The summed E-state index contributed by atoms with van der Waals surface area (Å²) in [6, 6.07) is 22.7. The lowest BCUT2D eigenvalue weighted by atomic mass is 10.2. The van der Waals surface area contributed by atoms with Crippen LogP contribution in [0.25, 0.3) is 4.91 Å². The average Bonchev–Trinajstić information content (AvgIpc) is 2.72. The van der Waals surface area contributed by atoms with E-state index in [2.05, 4.69) is 0 Å². The molecule has 142 valence electrons. The van der Waals surface area contributed by atoms with Crippen LogP contribution in [-0.2, 0) is 21.2 Å². The summed E-state index contributed by atoms with van der Waals surface area (Å²) >= 11 is 0. The van der Waals surface area contributed by atoms with Gasteiger partial charge in [0.05, 0.1) is 9.82 Å². The predicted molar refractivity (Wildman–Crippen MR) is 106 cm³/mol. The van der Waals surface area contributed by atoms with Crippen LogP contribution in [0.4, 0.5) is 5.69 Å². The largest absolute Gasteiger partial charge is 0.495 e. The first-order valence-corrected chi connectivity index (χ1v) is 9.87. The fraction of sp³-hybridized carbons (Fsp3) is 0.0476. The van der Waals surface area contributed by atoms with Crippen LogP contribution < -0.4 is 0 Å². The molecule has 0 aliphatic heterocycles. The maximum atomic E-state index is 13.1. The molecule has 28 heavy (non-hydrogen) atoms. The Kier molecular flexibility index (Phi) is 5.86. The standard InChI is InChI=1S/C21H17NO5S/c23-22(24)19-13-11-17(12-14-19)15-27-16-21(18-7-3-1-4-8-18)28(25,26)20-9-5-2-6-10-20/h1-14,16H,15H2/b21-16-. The molecule has 3 aromatic rings. The Hall–Kier alpha value is -3.45. The highest BCUT2D eigenvalue weighted by Gasteiger charge is 2.22. The molecule has 0 amide bonds. The molecule has 0 aliphatic rings. The van der Waals surface area contributed by atoms with Crippen molar-refractivity contribution in [1.82, 2.24) is 0 Å². The van der Waals surface area contributed by atoms with Gasteiger partial charge in [0.2, 0.25) is 9.84 Å². The first kappa shape index (κ1) is 19.3. The van der Waals surface area contributed by atoms with Crippen LogP contribution in [0.15, 0.2) is 96.1 Å². The van der Waals surface area contributed by atoms with Gasteiger partial charge in [0.1, 0.15) is 17.8 Å². The SMILES string of the molecule is O=[N+]([O-])c1ccc(CO/C=C(/c2ccccc2)S(=O)(=O)c2ccccc2)cc1. The van der Waals surface area contributed by atoms with E-state index in [1.165, 1.54) is 30.5 Å². The van der Waals surface area contributed by atoms with Gasteiger partial charge in [-0.3, -0.25) is 10.1 Å². The second kappa shape index (κ2) is 8.49. The smallest absolute Gasteiger partial charge is 0.269 e. The molecule has 0 saturated carbocycles. The van der Waals surface area contributed by atoms with Crippen LogP contribution in [0.3, 0.4) is 0 Å². The van der Waals surface area contributed by atoms with Crippen molar-refractivity contribution in [3.63, 3.8) is 0 Å². The Bertz CT molecular complexity index is 1080. The van der Waals surface area contributed by atoms with Crippen LogP contribution >= 0.6 is 0 Å². The van der Waals surface area contributed by atoms with Crippen LogP contribution in [-0.4, -0.2) is 13.3 Å². The molecule has 3 aromatic carbocycles. The van der Waals surface area contributed by atoms with E-state index in [0.29, 0.717) is 11.1 Å². The van der Waals surface area contributed by atoms with Crippen molar-refractivity contribution in [1.29, 1.82) is 0 Å². The van der Waals surface area contributed by atoms with E-state index in [9.17, 15) is 18.5 Å². The zero-order chi connectivity index (χ0) is 20.0. The number of ether oxygens (including phenoxy) is 1. The summed E-state index contributed by atoms with van der Waals surface area (Å²) in [5.41, 5.74) is 1.18. The number of nitrogens with zero attached hydrogens (tertiary/aromatic N) is 1. The quantitative estimate of drug-likeness (QED) is 0.332. The maximum Gasteiger partial charge on any atom is 0.269 e. The summed E-state index contributed by atoms with van der Waals surface area (Å²) in [6.07, 6.45) is 1.22. The van der Waals surface area contributed by atoms with E-state index in [4.69, 9.17) is 4.74 Å². The third-order valence-electron chi connectivity index (χ3n) is 3.99. The van der Waals surface area contributed by atoms with Crippen LogP contribution in [0, 0.1) is 10.1 Å². The summed E-state index contributed by atoms with van der Waals surface area (Å²) in [5.74, 6) is 0. The topological polar surface area (TPSA) is 86.5 Å². The van der Waals surface area contributed by atoms with Gasteiger partial charge >= 0.3 is 0 Å². The number of hydrogen-bond donors (Lipinski definition) is 0. The molecule has 0 saturated heterocycles. The van der Waals surface area contributed by atoms with Crippen molar-refractivity contribution in [3.8, 4) is 0 Å². The van der Waals surface area contributed by atoms with Gasteiger partial charge in [0.25, 0.3) is 5.69 Å². The molecule has 0 heterocycles. The van der Waals surface area contributed by atoms with Crippen LogP contribution in [0.2, 0.25) is 0 Å². The minimum atomic E-state index is -3.78. The van der Waals surface area contributed by atoms with Crippen LogP contribution in [0.1, 0.15) is 11.1 Å².